The van der Waals surface area contributed by atoms with E-state index in [9.17, 15) is 13.6 Å². The van der Waals surface area contributed by atoms with Gasteiger partial charge in [-0.2, -0.15) is 0 Å². The van der Waals surface area contributed by atoms with Crippen molar-refractivity contribution in [3.05, 3.63) is 64.9 Å². The fraction of sp³-hybridized carbons (Fsp3) is 0.333. The van der Waals surface area contributed by atoms with Gasteiger partial charge in [0.15, 0.2) is 0 Å². The first kappa shape index (κ1) is 19.6. The van der Waals surface area contributed by atoms with Gasteiger partial charge in [0.25, 0.3) is 12.3 Å². The molecule has 3 aromatic rings. The fourth-order valence-corrected chi connectivity index (χ4v) is 3.93. The summed E-state index contributed by atoms with van der Waals surface area (Å²) in [7, 11) is 0. The molecule has 0 atom stereocenters. The van der Waals surface area contributed by atoms with Crippen molar-refractivity contribution >= 4 is 29.0 Å². The van der Waals surface area contributed by atoms with Crippen LogP contribution in [0.4, 0.5) is 14.6 Å². The highest BCUT2D eigenvalue weighted by atomic mass is 35.5. The minimum atomic E-state index is -2.60. The van der Waals surface area contributed by atoms with E-state index in [0.717, 1.165) is 31.5 Å². The van der Waals surface area contributed by atoms with Gasteiger partial charge in [-0.25, -0.2) is 13.8 Å². The zero-order valence-corrected chi connectivity index (χ0v) is 16.4. The lowest BCUT2D eigenvalue weighted by atomic mass is 9.91. The van der Waals surface area contributed by atoms with Crippen molar-refractivity contribution in [3.63, 3.8) is 0 Å². The number of nitrogens with one attached hydrogen (secondary N) is 2. The van der Waals surface area contributed by atoms with E-state index in [1.807, 2.05) is 6.07 Å². The van der Waals surface area contributed by atoms with Crippen molar-refractivity contribution in [2.75, 3.05) is 5.32 Å². The third kappa shape index (κ3) is 4.50. The monoisotopic (exact) mass is 418 g/mol. The van der Waals surface area contributed by atoms with Crippen LogP contribution in [-0.4, -0.2) is 27.4 Å². The summed E-state index contributed by atoms with van der Waals surface area (Å²) in [5.41, 5.74) is 0.818. The molecular formula is C21H21ClF2N4O. The quantitative estimate of drug-likeness (QED) is 0.607. The molecule has 5 nitrogen and oxygen atoms in total. The smallest absolute Gasteiger partial charge is 0.281 e. The van der Waals surface area contributed by atoms with Crippen LogP contribution in [0.25, 0.3) is 5.65 Å². The molecule has 29 heavy (non-hydrogen) atoms. The van der Waals surface area contributed by atoms with E-state index in [-0.39, 0.29) is 23.7 Å². The zero-order chi connectivity index (χ0) is 20.4. The molecule has 1 saturated carbocycles. The molecule has 0 spiro atoms. The molecule has 1 fully saturated rings. The molecule has 0 unspecified atom stereocenters. The van der Waals surface area contributed by atoms with Gasteiger partial charge in [-0.05, 0) is 56.0 Å². The maximum atomic E-state index is 12.9. The van der Waals surface area contributed by atoms with Gasteiger partial charge >= 0.3 is 0 Å². The summed E-state index contributed by atoms with van der Waals surface area (Å²) in [4.78, 5) is 16.3. The standard InChI is InChI=1S/C21H21ClF2N4O/c22-14-4-1-3-13(11-14)21(29)26-16-9-7-15(8-10-16)25-18-5-2-6-19-27-17(20(23)24)12-28(18)19/h1-6,11-12,15-16,20,25H,7-10H2,(H,26,29). The number of carbonyl (C=O) groups is 1. The second kappa shape index (κ2) is 8.37. The molecule has 1 amide bonds. The van der Waals surface area contributed by atoms with E-state index < -0.39 is 6.43 Å². The second-order valence-electron chi connectivity index (χ2n) is 7.28. The van der Waals surface area contributed by atoms with Crippen LogP contribution in [0.2, 0.25) is 5.02 Å². The van der Waals surface area contributed by atoms with Crippen LogP contribution in [0, 0.1) is 0 Å². The summed E-state index contributed by atoms with van der Waals surface area (Å²) >= 11 is 5.95. The van der Waals surface area contributed by atoms with Crippen molar-refractivity contribution in [2.24, 2.45) is 0 Å². The minimum Gasteiger partial charge on any atom is -0.368 e. The first-order chi connectivity index (χ1) is 14.0. The Morgan fingerprint density at radius 2 is 1.83 bits per heavy atom. The van der Waals surface area contributed by atoms with Gasteiger partial charge in [0, 0.05) is 28.9 Å². The molecular weight excluding hydrogens is 398 g/mol. The second-order valence-corrected chi connectivity index (χ2v) is 7.72. The van der Waals surface area contributed by atoms with Crippen LogP contribution in [0.1, 0.15) is 48.2 Å². The number of amides is 1. The molecule has 0 saturated heterocycles. The van der Waals surface area contributed by atoms with Crippen molar-refractivity contribution in [2.45, 2.75) is 44.2 Å². The number of alkyl halides is 2. The zero-order valence-electron chi connectivity index (χ0n) is 15.6. The van der Waals surface area contributed by atoms with E-state index in [4.69, 9.17) is 11.6 Å². The van der Waals surface area contributed by atoms with Gasteiger partial charge in [-0.1, -0.05) is 23.7 Å². The Kier molecular flexibility index (Phi) is 5.67. The summed E-state index contributed by atoms with van der Waals surface area (Å²) < 4.78 is 27.6. The number of carbonyl (C=O) groups excluding carboxylic acids is 1. The van der Waals surface area contributed by atoms with Crippen molar-refractivity contribution in [1.82, 2.24) is 14.7 Å². The number of fused-ring (bicyclic) bond motifs is 1. The number of rotatable bonds is 5. The summed E-state index contributed by atoms with van der Waals surface area (Å²) in [6.45, 7) is 0. The molecule has 0 radical (unpaired) electrons. The SMILES string of the molecule is O=C(NC1CCC(Nc2cccc3nc(C(F)F)cn23)CC1)c1cccc(Cl)c1. The fourth-order valence-electron chi connectivity index (χ4n) is 3.74. The Morgan fingerprint density at radius 1 is 1.10 bits per heavy atom. The first-order valence-electron chi connectivity index (χ1n) is 9.59. The molecule has 1 aliphatic carbocycles. The summed E-state index contributed by atoms with van der Waals surface area (Å²) in [5, 5.41) is 7.04. The van der Waals surface area contributed by atoms with Crippen molar-refractivity contribution in [1.29, 1.82) is 0 Å². The Bertz CT molecular complexity index is 1010. The maximum Gasteiger partial charge on any atom is 0.281 e. The normalized spacial score (nSPS) is 19.4. The Balaban J connectivity index is 1.35. The molecule has 4 rings (SSSR count). The van der Waals surface area contributed by atoms with Gasteiger partial charge in [0.2, 0.25) is 0 Å². The predicted molar refractivity (Wildman–Crippen MR) is 109 cm³/mol. The molecule has 1 aliphatic rings. The number of benzene rings is 1. The first-order valence-corrected chi connectivity index (χ1v) is 9.96. The summed E-state index contributed by atoms with van der Waals surface area (Å²) in [5.74, 6) is 0.625. The highest BCUT2D eigenvalue weighted by molar-refractivity contribution is 6.30. The van der Waals surface area contributed by atoms with Crippen molar-refractivity contribution in [3.8, 4) is 0 Å². The van der Waals surface area contributed by atoms with Gasteiger partial charge in [0.1, 0.15) is 17.2 Å². The Morgan fingerprint density at radius 3 is 2.55 bits per heavy atom. The minimum absolute atomic E-state index is 0.106. The lowest BCUT2D eigenvalue weighted by Gasteiger charge is -2.30. The van der Waals surface area contributed by atoms with Crippen LogP contribution in [-0.2, 0) is 0 Å². The molecule has 2 heterocycles. The van der Waals surface area contributed by atoms with Crippen LogP contribution in [0.5, 0.6) is 0 Å². The number of nitrogens with zero attached hydrogens (tertiary/aromatic N) is 2. The molecule has 8 heteroatoms. The summed E-state index contributed by atoms with van der Waals surface area (Å²) in [6.07, 6.45) is 2.19. The number of halogens is 3. The van der Waals surface area contributed by atoms with Crippen LogP contribution < -0.4 is 10.6 Å². The number of hydrogen-bond donors (Lipinski definition) is 2. The van der Waals surface area contributed by atoms with Crippen LogP contribution >= 0.6 is 11.6 Å². The van der Waals surface area contributed by atoms with E-state index >= 15 is 0 Å². The number of imidazole rings is 1. The lowest BCUT2D eigenvalue weighted by molar-refractivity contribution is 0.0926. The maximum absolute atomic E-state index is 12.9. The molecule has 2 N–H and O–H groups in total. The van der Waals surface area contributed by atoms with Crippen molar-refractivity contribution < 1.29 is 13.6 Å². The highest BCUT2D eigenvalue weighted by Crippen LogP contribution is 2.25. The number of hydrogen-bond acceptors (Lipinski definition) is 3. The Hall–Kier alpha value is -2.67. The molecule has 1 aromatic carbocycles. The highest BCUT2D eigenvalue weighted by Gasteiger charge is 2.23. The number of pyridine rings is 1. The molecule has 2 aromatic heterocycles. The van der Waals surface area contributed by atoms with Crippen LogP contribution in [0.3, 0.4) is 0 Å². The summed E-state index contributed by atoms with van der Waals surface area (Å²) in [6, 6.07) is 12.6. The van der Waals surface area contributed by atoms with Gasteiger partial charge in [0.05, 0.1) is 0 Å². The average molecular weight is 419 g/mol. The average Bonchev–Trinajstić information content (AvgIpc) is 3.15. The molecule has 0 bridgehead atoms. The molecule has 152 valence electrons. The topological polar surface area (TPSA) is 58.4 Å². The Labute approximate surface area is 172 Å². The largest absolute Gasteiger partial charge is 0.368 e. The van der Waals surface area contributed by atoms with Gasteiger partial charge in [-0.15, -0.1) is 0 Å². The van der Waals surface area contributed by atoms with Crippen LogP contribution in [0.15, 0.2) is 48.7 Å². The lowest BCUT2D eigenvalue weighted by Crippen LogP contribution is -2.40. The molecule has 0 aliphatic heterocycles. The third-order valence-corrected chi connectivity index (χ3v) is 5.47. The van der Waals surface area contributed by atoms with Gasteiger partial charge in [-0.3, -0.25) is 9.20 Å². The van der Waals surface area contributed by atoms with E-state index in [1.54, 1.807) is 40.8 Å². The van der Waals surface area contributed by atoms with Gasteiger partial charge < -0.3 is 10.6 Å². The van der Waals surface area contributed by atoms with E-state index in [1.165, 1.54) is 6.20 Å². The third-order valence-electron chi connectivity index (χ3n) is 5.24. The van der Waals surface area contributed by atoms with E-state index in [2.05, 4.69) is 15.6 Å². The number of aromatic nitrogens is 2. The predicted octanol–water partition coefficient (Wildman–Crippen LogP) is 5.08. The number of anilines is 1. The van der Waals surface area contributed by atoms with E-state index in [0.29, 0.717) is 16.2 Å².